The quantitative estimate of drug-likeness (QED) is 0.811. The van der Waals surface area contributed by atoms with Crippen LogP contribution in [0.5, 0.6) is 0 Å². The molecule has 3 rings (SSSR count). The van der Waals surface area contributed by atoms with Crippen molar-refractivity contribution in [1.82, 2.24) is 4.90 Å². The highest BCUT2D eigenvalue weighted by Gasteiger charge is 2.38. The molecule has 24 heavy (non-hydrogen) atoms. The Hall–Kier alpha value is -1.84. The van der Waals surface area contributed by atoms with E-state index in [0.717, 1.165) is 18.4 Å². The number of benzene rings is 1. The predicted molar refractivity (Wildman–Crippen MR) is 94.7 cm³/mol. The number of ether oxygens (including phenoxy) is 1. The van der Waals surface area contributed by atoms with Crippen LogP contribution in [0, 0.1) is 5.92 Å². The Kier molecular flexibility index (Phi) is 7.29. The maximum absolute atomic E-state index is 12.5. The summed E-state index contributed by atoms with van der Waals surface area (Å²) in [6.07, 6.45) is 6.58. The maximum atomic E-state index is 12.5. The Labute approximate surface area is 145 Å². The Bertz CT molecular complexity index is 523. The topological polar surface area (TPSA) is 46.6 Å². The van der Waals surface area contributed by atoms with Crippen LogP contribution in [0.1, 0.15) is 57.9 Å². The van der Waals surface area contributed by atoms with Gasteiger partial charge in [0, 0.05) is 6.42 Å². The second-order valence-electron chi connectivity index (χ2n) is 6.39. The highest BCUT2D eigenvalue weighted by atomic mass is 16.6. The molecule has 4 heteroatoms. The standard InChI is InChI=1S/C18H23NO3.C2H6/c20-17(12-15-9-5-2-6-10-15)19-16(13-22-18(19)21)11-14-7-3-1-4-8-14;1-2/h1,3-4,7-8,15-16H,2,5-6,9-13H2;1-2H3/t16-;/m0./s1. The van der Waals surface area contributed by atoms with Crippen molar-refractivity contribution in [1.29, 1.82) is 0 Å². The Morgan fingerprint density at radius 1 is 1.12 bits per heavy atom. The molecule has 1 saturated heterocycles. The molecule has 0 spiro atoms. The van der Waals surface area contributed by atoms with Crippen LogP contribution in [0.2, 0.25) is 0 Å². The number of imide groups is 1. The van der Waals surface area contributed by atoms with Gasteiger partial charge in [-0.05, 0) is 30.7 Å². The van der Waals surface area contributed by atoms with Crippen LogP contribution in [-0.4, -0.2) is 29.5 Å². The number of carbonyl (C=O) groups is 2. The Morgan fingerprint density at radius 2 is 1.79 bits per heavy atom. The first-order valence-electron chi connectivity index (χ1n) is 9.27. The third kappa shape index (κ3) is 4.83. The number of amides is 2. The maximum Gasteiger partial charge on any atom is 0.416 e. The normalized spacial score (nSPS) is 21.0. The molecule has 1 aromatic rings. The number of cyclic esters (lactones) is 1. The summed E-state index contributed by atoms with van der Waals surface area (Å²) in [5, 5.41) is 0. The fourth-order valence-corrected chi connectivity index (χ4v) is 3.54. The van der Waals surface area contributed by atoms with Gasteiger partial charge in [-0.1, -0.05) is 63.4 Å². The van der Waals surface area contributed by atoms with Crippen molar-refractivity contribution in [2.24, 2.45) is 5.92 Å². The van der Waals surface area contributed by atoms with Gasteiger partial charge in [0.2, 0.25) is 5.91 Å². The van der Waals surface area contributed by atoms with Gasteiger partial charge in [0.1, 0.15) is 6.61 Å². The summed E-state index contributed by atoms with van der Waals surface area (Å²) >= 11 is 0. The minimum atomic E-state index is -0.471. The molecule has 1 atom stereocenters. The van der Waals surface area contributed by atoms with Gasteiger partial charge < -0.3 is 4.74 Å². The number of rotatable bonds is 4. The molecule has 1 heterocycles. The third-order valence-corrected chi connectivity index (χ3v) is 4.73. The molecular formula is C20H29NO3. The molecule has 1 aliphatic heterocycles. The van der Waals surface area contributed by atoms with Crippen molar-refractivity contribution in [3.8, 4) is 0 Å². The first-order chi connectivity index (χ1) is 11.7. The van der Waals surface area contributed by atoms with Crippen LogP contribution in [0.15, 0.2) is 30.3 Å². The van der Waals surface area contributed by atoms with Gasteiger partial charge in [0.05, 0.1) is 6.04 Å². The average molecular weight is 331 g/mol. The van der Waals surface area contributed by atoms with E-state index < -0.39 is 6.09 Å². The lowest BCUT2D eigenvalue weighted by molar-refractivity contribution is -0.130. The molecule has 0 bridgehead atoms. The first-order valence-corrected chi connectivity index (χ1v) is 9.27. The van der Waals surface area contributed by atoms with Crippen molar-refractivity contribution in [3.05, 3.63) is 35.9 Å². The SMILES string of the molecule is CC.O=C(CC1CCCCC1)N1C(=O)OC[C@@H]1Cc1ccccc1. The van der Waals surface area contributed by atoms with E-state index in [2.05, 4.69) is 0 Å². The molecule has 0 radical (unpaired) electrons. The third-order valence-electron chi connectivity index (χ3n) is 4.73. The summed E-state index contributed by atoms with van der Waals surface area (Å²) in [6.45, 7) is 4.31. The summed E-state index contributed by atoms with van der Waals surface area (Å²) < 4.78 is 5.13. The molecule has 132 valence electrons. The highest BCUT2D eigenvalue weighted by Crippen LogP contribution is 2.28. The molecule has 0 aromatic heterocycles. The van der Waals surface area contributed by atoms with E-state index in [1.807, 2.05) is 44.2 Å². The highest BCUT2D eigenvalue weighted by molar-refractivity contribution is 5.93. The molecule has 2 aliphatic rings. The summed E-state index contributed by atoms with van der Waals surface area (Å²) in [4.78, 5) is 25.9. The van der Waals surface area contributed by atoms with Crippen LogP contribution < -0.4 is 0 Å². The fraction of sp³-hybridized carbons (Fsp3) is 0.600. The molecule has 0 N–H and O–H groups in total. The molecule has 4 nitrogen and oxygen atoms in total. The summed E-state index contributed by atoms with van der Waals surface area (Å²) in [6, 6.07) is 9.79. The van der Waals surface area contributed by atoms with Crippen LogP contribution in [0.4, 0.5) is 4.79 Å². The summed E-state index contributed by atoms with van der Waals surface area (Å²) in [5.41, 5.74) is 1.13. The molecular weight excluding hydrogens is 302 g/mol. The predicted octanol–water partition coefficient (Wildman–Crippen LogP) is 4.57. The van der Waals surface area contributed by atoms with Gasteiger partial charge in [-0.25, -0.2) is 9.69 Å². The molecule has 1 aliphatic carbocycles. The summed E-state index contributed by atoms with van der Waals surface area (Å²) in [5.74, 6) is 0.377. The van der Waals surface area contributed by atoms with Crippen LogP contribution >= 0.6 is 0 Å². The minimum Gasteiger partial charge on any atom is -0.447 e. The largest absolute Gasteiger partial charge is 0.447 e. The van der Waals surface area contributed by atoms with E-state index in [-0.39, 0.29) is 11.9 Å². The zero-order valence-electron chi connectivity index (χ0n) is 14.9. The zero-order valence-corrected chi connectivity index (χ0v) is 14.9. The van der Waals surface area contributed by atoms with Crippen LogP contribution in [0.3, 0.4) is 0 Å². The Balaban J connectivity index is 0.00000100. The Morgan fingerprint density at radius 3 is 2.46 bits per heavy atom. The minimum absolute atomic E-state index is 0.0599. The summed E-state index contributed by atoms with van der Waals surface area (Å²) in [7, 11) is 0. The van der Waals surface area contributed by atoms with Crippen LogP contribution in [0.25, 0.3) is 0 Å². The van der Waals surface area contributed by atoms with E-state index in [4.69, 9.17) is 4.74 Å². The monoisotopic (exact) mass is 331 g/mol. The zero-order chi connectivity index (χ0) is 17.4. The molecule has 1 aromatic carbocycles. The molecule has 2 fully saturated rings. The van der Waals surface area contributed by atoms with Gasteiger partial charge >= 0.3 is 6.09 Å². The van der Waals surface area contributed by atoms with Crippen molar-refractivity contribution >= 4 is 12.0 Å². The van der Waals surface area contributed by atoms with Crippen molar-refractivity contribution in [3.63, 3.8) is 0 Å². The van der Waals surface area contributed by atoms with E-state index in [1.54, 1.807) is 0 Å². The van der Waals surface area contributed by atoms with Gasteiger partial charge in [-0.2, -0.15) is 0 Å². The van der Waals surface area contributed by atoms with E-state index in [1.165, 1.54) is 24.2 Å². The molecule has 2 amide bonds. The average Bonchev–Trinajstić information content (AvgIpc) is 2.99. The number of carbonyl (C=O) groups excluding carboxylic acids is 2. The number of hydrogen-bond acceptors (Lipinski definition) is 3. The second kappa shape index (κ2) is 9.45. The molecule has 1 saturated carbocycles. The van der Waals surface area contributed by atoms with Crippen LogP contribution in [-0.2, 0) is 16.0 Å². The second-order valence-corrected chi connectivity index (χ2v) is 6.39. The lowest BCUT2D eigenvalue weighted by Gasteiger charge is -2.25. The van der Waals surface area contributed by atoms with E-state index in [0.29, 0.717) is 25.4 Å². The van der Waals surface area contributed by atoms with Gasteiger partial charge in [0.25, 0.3) is 0 Å². The number of hydrogen-bond donors (Lipinski definition) is 0. The van der Waals surface area contributed by atoms with Gasteiger partial charge in [-0.3, -0.25) is 4.79 Å². The lowest BCUT2D eigenvalue weighted by Crippen LogP contribution is -2.41. The van der Waals surface area contributed by atoms with Gasteiger partial charge in [-0.15, -0.1) is 0 Å². The first kappa shape index (κ1) is 18.5. The van der Waals surface area contributed by atoms with E-state index in [9.17, 15) is 9.59 Å². The van der Waals surface area contributed by atoms with Crippen molar-refractivity contribution in [2.45, 2.75) is 64.8 Å². The number of nitrogens with zero attached hydrogens (tertiary/aromatic N) is 1. The smallest absolute Gasteiger partial charge is 0.416 e. The fourth-order valence-electron chi connectivity index (χ4n) is 3.54. The van der Waals surface area contributed by atoms with Crippen molar-refractivity contribution < 1.29 is 14.3 Å². The molecule has 0 unspecified atom stereocenters. The van der Waals surface area contributed by atoms with Gasteiger partial charge in [0.15, 0.2) is 0 Å². The van der Waals surface area contributed by atoms with E-state index >= 15 is 0 Å². The lowest BCUT2D eigenvalue weighted by atomic mass is 9.86. The van der Waals surface area contributed by atoms with Crippen molar-refractivity contribution in [2.75, 3.05) is 6.61 Å².